The number of carboxylic acids is 1. The molecule has 0 amide bonds. The monoisotopic (exact) mass is 275 g/mol. The number of aliphatic hydroxyl groups is 1. The molecule has 20 heavy (non-hydrogen) atoms. The lowest BCUT2D eigenvalue weighted by molar-refractivity contribution is -0.0382. The SMILES string of the molecule is O=C(O)c1cccc2c1CCCN2CCC1(O)CCC1. The minimum Gasteiger partial charge on any atom is -0.478 e. The van der Waals surface area contributed by atoms with Crippen molar-refractivity contribution in [3.63, 3.8) is 0 Å². The largest absolute Gasteiger partial charge is 0.478 e. The Morgan fingerprint density at radius 2 is 2.10 bits per heavy atom. The average Bonchev–Trinajstić information content (AvgIpc) is 2.42. The molecule has 1 aliphatic carbocycles. The summed E-state index contributed by atoms with van der Waals surface area (Å²) in [5, 5.41) is 19.5. The van der Waals surface area contributed by atoms with Crippen LogP contribution in [0, 0.1) is 0 Å². The van der Waals surface area contributed by atoms with Gasteiger partial charge in [-0.25, -0.2) is 4.79 Å². The minimum atomic E-state index is -0.846. The molecule has 0 saturated heterocycles. The maximum atomic E-state index is 11.3. The van der Waals surface area contributed by atoms with Crippen LogP contribution >= 0.6 is 0 Å². The van der Waals surface area contributed by atoms with Crippen molar-refractivity contribution in [2.45, 2.75) is 44.1 Å². The topological polar surface area (TPSA) is 60.8 Å². The Labute approximate surface area is 119 Å². The standard InChI is InChI=1S/C16H21NO3/c18-15(19)13-4-1-6-14-12(13)5-2-10-17(14)11-9-16(20)7-3-8-16/h1,4,6,20H,2-3,5,7-11H2,(H,18,19). The van der Waals surface area contributed by atoms with Gasteiger partial charge >= 0.3 is 5.97 Å². The van der Waals surface area contributed by atoms with Gasteiger partial charge in [0.2, 0.25) is 0 Å². The molecule has 2 N–H and O–H groups in total. The normalized spacial score (nSPS) is 20.1. The Morgan fingerprint density at radius 1 is 1.30 bits per heavy atom. The van der Waals surface area contributed by atoms with Crippen molar-refractivity contribution >= 4 is 11.7 Å². The first-order valence-electron chi connectivity index (χ1n) is 7.42. The van der Waals surface area contributed by atoms with Gasteiger partial charge < -0.3 is 15.1 Å². The molecular weight excluding hydrogens is 254 g/mol. The zero-order valence-electron chi connectivity index (χ0n) is 11.6. The second kappa shape index (κ2) is 5.09. The predicted molar refractivity (Wildman–Crippen MR) is 77.4 cm³/mol. The van der Waals surface area contributed by atoms with E-state index in [1.165, 1.54) is 0 Å². The molecule has 0 atom stereocenters. The van der Waals surface area contributed by atoms with Crippen molar-refractivity contribution in [3.8, 4) is 0 Å². The lowest BCUT2D eigenvalue weighted by Gasteiger charge is -2.40. The minimum absolute atomic E-state index is 0.426. The maximum absolute atomic E-state index is 11.3. The highest BCUT2D eigenvalue weighted by atomic mass is 16.4. The zero-order valence-corrected chi connectivity index (χ0v) is 11.6. The fourth-order valence-electron chi connectivity index (χ4n) is 3.31. The molecule has 0 radical (unpaired) electrons. The molecule has 1 fully saturated rings. The highest BCUT2D eigenvalue weighted by Crippen LogP contribution is 2.36. The van der Waals surface area contributed by atoms with Gasteiger partial charge in [-0.2, -0.15) is 0 Å². The van der Waals surface area contributed by atoms with Crippen LogP contribution in [0.2, 0.25) is 0 Å². The number of carboxylic acid groups (broad SMARTS) is 1. The summed E-state index contributed by atoms with van der Waals surface area (Å²) in [6.07, 6.45) is 5.53. The van der Waals surface area contributed by atoms with Gasteiger partial charge in [0, 0.05) is 18.8 Å². The molecule has 1 aromatic carbocycles. The summed E-state index contributed by atoms with van der Waals surface area (Å²) in [7, 11) is 0. The highest BCUT2D eigenvalue weighted by Gasteiger charge is 2.34. The molecular formula is C16H21NO3. The number of hydrogen-bond acceptors (Lipinski definition) is 3. The Balaban J connectivity index is 1.79. The first kappa shape index (κ1) is 13.4. The number of carbonyl (C=O) groups is 1. The van der Waals surface area contributed by atoms with Crippen LogP contribution in [0.3, 0.4) is 0 Å². The third-order valence-electron chi connectivity index (χ3n) is 4.71. The van der Waals surface area contributed by atoms with Crippen LogP contribution in [0.25, 0.3) is 0 Å². The van der Waals surface area contributed by atoms with Gasteiger partial charge in [0.1, 0.15) is 0 Å². The summed E-state index contributed by atoms with van der Waals surface area (Å²) >= 11 is 0. The van der Waals surface area contributed by atoms with E-state index in [1.807, 2.05) is 12.1 Å². The zero-order chi connectivity index (χ0) is 14.2. The molecule has 1 saturated carbocycles. The van der Waals surface area contributed by atoms with E-state index in [0.717, 1.165) is 62.9 Å². The van der Waals surface area contributed by atoms with Crippen molar-refractivity contribution < 1.29 is 15.0 Å². The molecule has 1 heterocycles. The lowest BCUT2D eigenvalue weighted by atomic mass is 9.77. The lowest BCUT2D eigenvalue weighted by Crippen LogP contribution is -2.42. The molecule has 2 aliphatic rings. The molecule has 0 unspecified atom stereocenters. The highest BCUT2D eigenvalue weighted by molar-refractivity contribution is 5.91. The fraction of sp³-hybridized carbons (Fsp3) is 0.562. The number of fused-ring (bicyclic) bond motifs is 1. The van der Waals surface area contributed by atoms with E-state index in [9.17, 15) is 15.0 Å². The number of benzene rings is 1. The second-order valence-electron chi connectivity index (χ2n) is 6.03. The van der Waals surface area contributed by atoms with E-state index in [4.69, 9.17) is 0 Å². The Hall–Kier alpha value is -1.55. The molecule has 4 heteroatoms. The molecule has 0 bridgehead atoms. The molecule has 4 nitrogen and oxygen atoms in total. The van der Waals surface area contributed by atoms with E-state index in [-0.39, 0.29) is 0 Å². The van der Waals surface area contributed by atoms with E-state index >= 15 is 0 Å². The van der Waals surface area contributed by atoms with Gasteiger partial charge in [-0.1, -0.05) is 6.07 Å². The van der Waals surface area contributed by atoms with Crippen LogP contribution < -0.4 is 4.90 Å². The number of rotatable bonds is 4. The molecule has 0 aromatic heterocycles. The summed E-state index contributed by atoms with van der Waals surface area (Å²) in [4.78, 5) is 13.5. The molecule has 1 aromatic rings. The number of aromatic carboxylic acids is 1. The first-order valence-corrected chi connectivity index (χ1v) is 7.42. The van der Waals surface area contributed by atoms with Crippen molar-refractivity contribution in [1.82, 2.24) is 0 Å². The van der Waals surface area contributed by atoms with Crippen LogP contribution in [0.1, 0.15) is 48.0 Å². The first-order chi connectivity index (χ1) is 9.59. The van der Waals surface area contributed by atoms with Crippen LogP contribution in [-0.4, -0.2) is 34.9 Å². The van der Waals surface area contributed by atoms with E-state index in [2.05, 4.69) is 4.90 Å². The summed E-state index contributed by atoms with van der Waals surface area (Å²) in [6.45, 7) is 1.76. The third kappa shape index (κ3) is 2.40. The Bertz CT molecular complexity index is 522. The number of hydrogen-bond donors (Lipinski definition) is 2. The van der Waals surface area contributed by atoms with Crippen LogP contribution in [0.15, 0.2) is 18.2 Å². The fourth-order valence-corrected chi connectivity index (χ4v) is 3.31. The van der Waals surface area contributed by atoms with E-state index in [0.29, 0.717) is 5.56 Å². The summed E-state index contributed by atoms with van der Waals surface area (Å²) < 4.78 is 0. The second-order valence-corrected chi connectivity index (χ2v) is 6.03. The van der Waals surface area contributed by atoms with Gasteiger partial charge in [-0.3, -0.25) is 0 Å². The van der Waals surface area contributed by atoms with Crippen molar-refractivity contribution in [3.05, 3.63) is 29.3 Å². The van der Waals surface area contributed by atoms with Gasteiger partial charge in [0.25, 0.3) is 0 Å². The van der Waals surface area contributed by atoms with Gasteiger partial charge in [-0.15, -0.1) is 0 Å². The van der Waals surface area contributed by atoms with Crippen LogP contribution in [0.4, 0.5) is 5.69 Å². The summed E-state index contributed by atoms with van der Waals surface area (Å²) in [6, 6.07) is 5.51. The predicted octanol–water partition coefficient (Wildman–Crippen LogP) is 2.44. The van der Waals surface area contributed by atoms with Gasteiger partial charge in [0.05, 0.1) is 11.2 Å². The molecule has 108 valence electrons. The Kier molecular flexibility index (Phi) is 3.42. The van der Waals surface area contributed by atoms with Crippen LogP contribution in [0.5, 0.6) is 0 Å². The number of nitrogens with zero attached hydrogens (tertiary/aromatic N) is 1. The van der Waals surface area contributed by atoms with Crippen molar-refractivity contribution in [2.24, 2.45) is 0 Å². The summed E-state index contributed by atoms with van der Waals surface area (Å²) in [5.41, 5.74) is 1.95. The smallest absolute Gasteiger partial charge is 0.336 e. The Morgan fingerprint density at radius 3 is 2.75 bits per heavy atom. The van der Waals surface area contributed by atoms with Crippen molar-refractivity contribution in [2.75, 3.05) is 18.0 Å². The van der Waals surface area contributed by atoms with E-state index < -0.39 is 11.6 Å². The third-order valence-corrected chi connectivity index (χ3v) is 4.71. The maximum Gasteiger partial charge on any atom is 0.336 e. The van der Waals surface area contributed by atoms with Crippen LogP contribution in [-0.2, 0) is 6.42 Å². The quantitative estimate of drug-likeness (QED) is 0.886. The van der Waals surface area contributed by atoms with Gasteiger partial charge in [0.15, 0.2) is 0 Å². The number of anilines is 1. The van der Waals surface area contributed by atoms with E-state index in [1.54, 1.807) is 6.07 Å². The molecule has 1 aliphatic heterocycles. The van der Waals surface area contributed by atoms with Gasteiger partial charge in [-0.05, 0) is 56.2 Å². The van der Waals surface area contributed by atoms with Crippen molar-refractivity contribution in [1.29, 1.82) is 0 Å². The molecule has 3 rings (SSSR count). The molecule has 0 spiro atoms. The average molecular weight is 275 g/mol. The summed E-state index contributed by atoms with van der Waals surface area (Å²) in [5.74, 6) is -0.846.